The van der Waals surface area contributed by atoms with Crippen LogP contribution in [0.4, 0.5) is 4.39 Å². The van der Waals surface area contributed by atoms with Crippen molar-refractivity contribution in [3.8, 4) is 0 Å². The van der Waals surface area contributed by atoms with E-state index in [-0.39, 0.29) is 29.1 Å². The third-order valence-corrected chi connectivity index (χ3v) is 8.76. The van der Waals surface area contributed by atoms with Gasteiger partial charge in [0.2, 0.25) is 0 Å². The molecule has 2 fully saturated rings. The predicted octanol–water partition coefficient (Wildman–Crippen LogP) is 3.29. The molecule has 2 aromatic rings. The summed E-state index contributed by atoms with van der Waals surface area (Å²) in [7, 11) is 0. The summed E-state index contributed by atoms with van der Waals surface area (Å²) in [5, 5.41) is 13.0. The molecule has 45 heavy (non-hydrogen) atoms. The normalized spacial score (nSPS) is 21.2. The molecule has 1 saturated carbocycles. The molecular formula is C34H40FN5O5. The third-order valence-electron chi connectivity index (χ3n) is 8.76. The Labute approximate surface area is 261 Å². The highest BCUT2D eigenvalue weighted by atomic mass is 19.1. The van der Waals surface area contributed by atoms with Gasteiger partial charge < -0.3 is 26.3 Å². The van der Waals surface area contributed by atoms with Gasteiger partial charge in [-0.25, -0.2) is 23.6 Å². The zero-order valence-electron chi connectivity index (χ0n) is 25.6. The van der Waals surface area contributed by atoms with Gasteiger partial charge >= 0.3 is 0 Å². The monoisotopic (exact) mass is 617 g/mol. The van der Waals surface area contributed by atoms with E-state index < -0.39 is 30.2 Å². The molecule has 0 unspecified atom stereocenters. The molecule has 11 heteroatoms. The molecule has 0 spiro atoms. The minimum absolute atomic E-state index is 0.0434. The van der Waals surface area contributed by atoms with Crippen molar-refractivity contribution in [2.24, 2.45) is 17.8 Å². The SMILES string of the molecule is CC(C)[C@H](NC(=O)c1cc2ccccc2[nH]1)C(=C=O)N[C@@H](CC1CCC(F)CC1)C(=C=O)N[C@H](C=C=O)C[C@@H]1CCNC1=C=O. The maximum atomic E-state index is 14.0. The largest absolute Gasteiger partial charge is 0.379 e. The number of allylic oxidation sites excluding steroid dienone is 1. The molecule has 4 atom stereocenters. The van der Waals surface area contributed by atoms with Crippen molar-refractivity contribution in [1.29, 1.82) is 0 Å². The maximum Gasteiger partial charge on any atom is 0.268 e. The van der Waals surface area contributed by atoms with Gasteiger partial charge in [0.25, 0.3) is 5.91 Å². The summed E-state index contributed by atoms with van der Waals surface area (Å²) in [4.78, 5) is 64.1. The van der Waals surface area contributed by atoms with Crippen LogP contribution in [-0.2, 0) is 19.2 Å². The van der Waals surface area contributed by atoms with E-state index in [0.29, 0.717) is 62.9 Å². The second-order valence-electron chi connectivity index (χ2n) is 12.2. The first-order chi connectivity index (χ1) is 21.8. The standard InChI is InChI=1S/C34H40FN5O5/c1-21(2)33(40-34(45)29-17-23-5-3-4-6-27(23)38-29)32(20-44)39-28(15-22-7-9-25(35)10-8-22)31(19-43)37-26(12-14-41)16-24-11-13-36-30(24)18-42/h3-6,12,17,21-22,24-26,28,33,36-39H,7-11,13,15-16H2,1-2H3,(H,40,45)/t22?,24-,25?,26+,28-,33-/m0/s1. The Morgan fingerprint density at radius 3 is 2.36 bits per heavy atom. The molecule has 1 aliphatic carbocycles. The van der Waals surface area contributed by atoms with Crippen molar-refractivity contribution < 1.29 is 28.4 Å². The number of hydrogen-bond acceptors (Lipinski definition) is 8. The molecule has 2 heterocycles. The van der Waals surface area contributed by atoms with E-state index in [1.807, 2.05) is 55.9 Å². The van der Waals surface area contributed by atoms with Crippen LogP contribution in [0, 0.1) is 17.8 Å². The van der Waals surface area contributed by atoms with Gasteiger partial charge in [-0.3, -0.25) is 4.79 Å². The number of alkyl halides is 1. The van der Waals surface area contributed by atoms with E-state index in [1.54, 1.807) is 12.0 Å². The van der Waals surface area contributed by atoms with Crippen LogP contribution < -0.4 is 21.3 Å². The van der Waals surface area contributed by atoms with Crippen LogP contribution in [0.15, 0.2) is 53.5 Å². The van der Waals surface area contributed by atoms with Gasteiger partial charge in [0.1, 0.15) is 47.0 Å². The van der Waals surface area contributed by atoms with E-state index in [9.17, 15) is 28.4 Å². The number of rotatable bonds is 14. The van der Waals surface area contributed by atoms with Gasteiger partial charge in [0, 0.05) is 29.4 Å². The molecule has 5 N–H and O–H groups in total. The topological polar surface area (TPSA) is 149 Å². The van der Waals surface area contributed by atoms with Gasteiger partial charge in [0.05, 0.1) is 23.8 Å². The summed E-state index contributed by atoms with van der Waals surface area (Å²) in [5.41, 5.74) is 1.64. The summed E-state index contributed by atoms with van der Waals surface area (Å²) in [6.45, 7) is 4.29. The summed E-state index contributed by atoms with van der Waals surface area (Å²) in [6, 6.07) is 6.98. The Morgan fingerprint density at radius 2 is 1.71 bits per heavy atom. The van der Waals surface area contributed by atoms with Gasteiger partial charge in [-0.1, -0.05) is 32.0 Å². The number of H-pyrrole nitrogens is 1. The van der Waals surface area contributed by atoms with Gasteiger partial charge in [-0.05, 0) is 68.9 Å². The Balaban J connectivity index is 1.57. The van der Waals surface area contributed by atoms with Crippen LogP contribution in [0.25, 0.3) is 10.9 Å². The number of amides is 1. The van der Waals surface area contributed by atoms with Gasteiger partial charge in [-0.2, -0.15) is 0 Å². The lowest BCUT2D eigenvalue weighted by atomic mass is 9.83. The first kappa shape index (κ1) is 33.3. The van der Waals surface area contributed by atoms with Crippen LogP contribution in [0.5, 0.6) is 0 Å². The zero-order chi connectivity index (χ0) is 32.3. The molecule has 1 aliphatic heterocycles. The lowest BCUT2D eigenvalue weighted by Crippen LogP contribution is -2.49. The average molecular weight is 618 g/mol. The fourth-order valence-electron chi connectivity index (χ4n) is 6.28. The second kappa shape index (κ2) is 15.9. The minimum Gasteiger partial charge on any atom is -0.379 e. The minimum atomic E-state index is -0.871. The van der Waals surface area contributed by atoms with Crippen molar-refractivity contribution in [2.45, 2.75) is 83.1 Å². The molecule has 1 amide bonds. The highest BCUT2D eigenvalue weighted by Crippen LogP contribution is 2.31. The molecule has 4 rings (SSSR count). The highest BCUT2D eigenvalue weighted by molar-refractivity contribution is 5.98. The fourth-order valence-corrected chi connectivity index (χ4v) is 6.28. The quantitative estimate of drug-likeness (QED) is 0.203. The zero-order valence-corrected chi connectivity index (χ0v) is 25.6. The molecule has 0 radical (unpaired) electrons. The summed E-state index contributed by atoms with van der Waals surface area (Å²) >= 11 is 0. The fraction of sp³-hybridized carbons (Fsp3) is 0.500. The summed E-state index contributed by atoms with van der Waals surface area (Å²) in [5.74, 6) is 6.78. The van der Waals surface area contributed by atoms with Crippen LogP contribution in [0.3, 0.4) is 0 Å². The number of carbonyl (C=O) groups is 1. The lowest BCUT2D eigenvalue weighted by molar-refractivity contribution is 0.0928. The van der Waals surface area contributed by atoms with Gasteiger partial charge in [0.15, 0.2) is 0 Å². The number of para-hydroxylation sites is 1. The van der Waals surface area contributed by atoms with Crippen LogP contribution in [-0.4, -0.2) is 65.5 Å². The summed E-state index contributed by atoms with van der Waals surface area (Å²) < 4.78 is 14.0. The number of aromatic amines is 1. The van der Waals surface area contributed by atoms with Crippen molar-refractivity contribution in [3.05, 3.63) is 59.2 Å². The van der Waals surface area contributed by atoms with Crippen LogP contribution >= 0.6 is 0 Å². The first-order valence-electron chi connectivity index (χ1n) is 15.5. The van der Waals surface area contributed by atoms with E-state index in [4.69, 9.17) is 0 Å². The average Bonchev–Trinajstić information content (AvgIpc) is 3.68. The van der Waals surface area contributed by atoms with Crippen molar-refractivity contribution in [1.82, 2.24) is 26.3 Å². The number of aromatic nitrogens is 1. The van der Waals surface area contributed by atoms with Gasteiger partial charge in [-0.15, -0.1) is 0 Å². The smallest absolute Gasteiger partial charge is 0.268 e. The van der Waals surface area contributed by atoms with E-state index in [2.05, 4.69) is 26.3 Å². The number of fused-ring (bicyclic) bond motifs is 1. The Bertz CT molecular complexity index is 1520. The molecular weight excluding hydrogens is 577 g/mol. The van der Waals surface area contributed by atoms with Crippen LogP contribution in [0.1, 0.15) is 69.3 Å². The number of halogens is 1. The predicted molar refractivity (Wildman–Crippen MR) is 168 cm³/mol. The van der Waals surface area contributed by atoms with Crippen molar-refractivity contribution >= 4 is 40.6 Å². The van der Waals surface area contributed by atoms with Crippen molar-refractivity contribution in [3.63, 3.8) is 0 Å². The third kappa shape index (κ3) is 8.72. The number of carbonyl (C=O) groups excluding carboxylic acids is 5. The molecule has 1 aromatic heterocycles. The second-order valence-corrected chi connectivity index (χ2v) is 12.2. The van der Waals surface area contributed by atoms with E-state index in [0.717, 1.165) is 10.9 Å². The maximum absolute atomic E-state index is 14.0. The van der Waals surface area contributed by atoms with Crippen LogP contribution in [0.2, 0.25) is 0 Å². The Hall–Kier alpha value is -4.64. The number of benzene rings is 1. The molecule has 2 aliphatic rings. The lowest BCUT2D eigenvalue weighted by Gasteiger charge is -2.33. The molecule has 1 aromatic carbocycles. The summed E-state index contributed by atoms with van der Waals surface area (Å²) in [6.07, 6.45) is 3.76. The molecule has 238 valence electrons. The Kier molecular flexibility index (Phi) is 11.7. The van der Waals surface area contributed by atoms with E-state index >= 15 is 0 Å². The number of nitrogens with one attached hydrogen (secondary N) is 5. The molecule has 1 saturated heterocycles. The molecule has 10 nitrogen and oxygen atoms in total. The molecule has 0 bridgehead atoms. The van der Waals surface area contributed by atoms with E-state index in [1.165, 1.54) is 6.08 Å². The Morgan fingerprint density at radius 1 is 0.978 bits per heavy atom. The number of hydrogen-bond donors (Lipinski definition) is 5. The highest BCUT2D eigenvalue weighted by Gasteiger charge is 2.32. The first-order valence-corrected chi connectivity index (χ1v) is 15.5. The van der Waals surface area contributed by atoms with Crippen molar-refractivity contribution in [2.75, 3.05) is 6.54 Å².